The van der Waals surface area contributed by atoms with Crippen molar-refractivity contribution in [2.45, 2.75) is 25.7 Å². The van der Waals surface area contributed by atoms with Crippen molar-refractivity contribution in [1.29, 1.82) is 0 Å². The monoisotopic (exact) mass is 313 g/mol. The maximum atomic E-state index is 11.6. The van der Waals surface area contributed by atoms with Crippen LogP contribution in [0.3, 0.4) is 0 Å². The van der Waals surface area contributed by atoms with E-state index in [1.807, 2.05) is 0 Å². The van der Waals surface area contributed by atoms with E-state index in [9.17, 15) is 18.0 Å². The van der Waals surface area contributed by atoms with Crippen molar-refractivity contribution in [1.82, 2.24) is 0 Å². The van der Waals surface area contributed by atoms with E-state index in [-0.39, 0.29) is 24.5 Å². The van der Waals surface area contributed by atoms with Crippen molar-refractivity contribution in [2.75, 3.05) is 17.3 Å². The highest BCUT2D eigenvalue weighted by Gasteiger charge is 2.06. The van der Waals surface area contributed by atoms with Gasteiger partial charge in [0.2, 0.25) is 5.91 Å². The highest BCUT2D eigenvalue weighted by Crippen LogP contribution is 2.12. The Hall–Kier alpha value is -1.89. The molecule has 0 atom stereocenters. The number of carboxylic acids is 1. The van der Waals surface area contributed by atoms with Crippen molar-refractivity contribution in [2.24, 2.45) is 0 Å². The summed E-state index contributed by atoms with van der Waals surface area (Å²) in [6.45, 7) is 0. The predicted molar refractivity (Wildman–Crippen MR) is 80.0 cm³/mol. The zero-order valence-electron chi connectivity index (χ0n) is 11.8. The number of sulfone groups is 1. The summed E-state index contributed by atoms with van der Waals surface area (Å²) in [6.07, 6.45) is 2.09. The number of nitrogens with one attached hydrogen (secondary N) is 1. The van der Waals surface area contributed by atoms with Crippen LogP contribution < -0.4 is 5.32 Å². The average Bonchev–Trinajstić information content (AvgIpc) is 2.36. The SMILES string of the molecule is CS(=O)(=O)CCCC(=O)Nc1ccc(CCC(=O)O)cc1. The van der Waals surface area contributed by atoms with Gasteiger partial charge in [-0.25, -0.2) is 8.42 Å². The topological polar surface area (TPSA) is 101 Å². The van der Waals surface area contributed by atoms with Crippen LogP contribution in [0.2, 0.25) is 0 Å². The lowest BCUT2D eigenvalue weighted by molar-refractivity contribution is -0.137. The average molecular weight is 313 g/mol. The van der Waals surface area contributed by atoms with E-state index >= 15 is 0 Å². The second-order valence-electron chi connectivity index (χ2n) is 4.87. The molecule has 1 aromatic rings. The number of rotatable bonds is 8. The minimum Gasteiger partial charge on any atom is -0.481 e. The van der Waals surface area contributed by atoms with Gasteiger partial charge in [-0.15, -0.1) is 0 Å². The first-order valence-electron chi connectivity index (χ1n) is 6.54. The molecule has 0 aliphatic rings. The third-order valence-corrected chi connectivity index (χ3v) is 3.81. The fourth-order valence-corrected chi connectivity index (χ4v) is 2.39. The number of benzene rings is 1. The third-order valence-electron chi connectivity index (χ3n) is 2.78. The Labute approximate surface area is 124 Å². The van der Waals surface area contributed by atoms with Crippen LogP contribution in [0.4, 0.5) is 5.69 Å². The summed E-state index contributed by atoms with van der Waals surface area (Å²) in [5, 5.41) is 11.3. The van der Waals surface area contributed by atoms with Gasteiger partial charge in [0, 0.05) is 24.8 Å². The third kappa shape index (κ3) is 8.09. The molecule has 0 spiro atoms. The molecule has 0 saturated carbocycles. The number of carbonyl (C=O) groups excluding carboxylic acids is 1. The molecule has 0 bridgehead atoms. The van der Waals surface area contributed by atoms with Crippen LogP contribution in [0.1, 0.15) is 24.8 Å². The zero-order valence-corrected chi connectivity index (χ0v) is 12.6. The van der Waals surface area contributed by atoms with Crippen LogP contribution in [0.25, 0.3) is 0 Å². The van der Waals surface area contributed by atoms with Gasteiger partial charge in [-0.05, 0) is 30.5 Å². The highest BCUT2D eigenvalue weighted by atomic mass is 32.2. The van der Waals surface area contributed by atoms with E-state index in [1.165, 1.54) is 0 Å². The molecule has 0 fully saturated rings. The standard InChI is InChI=1S/C14H19NO5S/c1-21(19,20)10-2-3-13(16)15-12-7-4-11(5-8-12)6-9-14(17)18/h4-5,7-8H,2-3,6,9-10H2,1H3,(H,15,16)(H,17,18). The van der Waals surface area contributed by atoms with Gasteiger partial charge in [-0.3, -0.25) is 9.59 Å². The molecule has 0 heterocycles. The lowest BCUT2D eigenvalue weighted by Crippen LogP contribution is -2.13. The molecule has 1 rings (SSSR count). The maximum absolute atomic E-state index is 11.6. The largest absolute Gasteiger partial charge is 0.481 e. The van der Waals surface area contributed by atoms with E-state index in [0.717, 1.165) is 11.8 Å². The van der Waals surface area contributed by atoms with Crippen molar-refractivity contribution in [3.8, 4) is 0 Å². The molecule has 7 heteroatoms. The van der Waals surface area contributed by atoms with Gasteiger partial charge in [0.05, 0.1) is 5.75 Å². The van der Waals surface area contributed by atoms with Crippen molar-refractivity contribution >= 4 is 27.4 Å². The fraction of sp³-hybridized carbons (Fsp3) is 0.429. The highest BCUT2D eigenvalue weighted by molar-refractivity contribution is 7.90. The Balaban J connectivity index is 2.41. The van der Waals surface area contributed by atoms with Gasteiger partial charge in [0.25, 0.3) is 0 Å². The van der Waals surface area contributed by atoms with E-state index in [2.05, 4.69) is 5.32 Å². The molecular formula is C14H19NO5S. The quantitative estimate of drug-likeness (QED) is 0.757. The molecule has 21 heavy (non-hydrogen) atoms. The smallest absolute Gasteiger partial charge is 0.303 e. The molecule has 0 radical (unpaired) electrons. The van der Waals surface area contributed by atoms with E-state index < -0.39 is 15.8 Å². The minimum atomic E-state index is -3.04. The number of hydrogen-bond acceptors (Lipinski definition) is 4. The van der Waals surface area contributed by atoms with Gasteiger partial charge in [0.1, 0.15) is 9.84 Å². The second kappa shape index (κ2) is 7.78. The zero-order chi connectivity index (χ0) is 15.9. The number of anilines is 1. The van der Waals surface area contributed by atoms with Crippen LogP contribution in [-0.2, 0) is 25.8 Å². The molecule has 6 nitrogen and oxygen atoms in total. The Morgan fingerprint density at radius 3 is 2.29 bits per heavy atom. The molecule has 0 unspecified atom stereocenters. The van der Waals surface area contributed by atoms with Crippen LogP contribution >= 0.6 is 0 Å². The van der Waals surface area contributed by atoms with Gasteiger partial charge < -0.3 is 10.4 Å². The fourth-order valence-electron chi connectivity index (χ4n) is 1.72. The molecule has 0 aliphatic heterocycles. The summed E-state index contributed by atoms with van der Waals surface area (Å²) >= 11 is 0. The summed E-state index contributed by atoms with van der Waals surface area (Å²) in [4.78, 5) is 22.1. The van der Waals surface area contributed by atoms with E-state index in [1.54, 1.807) is 24.3 Å². The van der Waals surface area contributed by atoms with Crippen LogP contribution in [-0.4, -0.2) is 37.4 Å². The van der Waals surface area contributed by atoms with E-state index in [4.69, 9.17) is 5.11 Å². The lowest BCUT2D eigenvalue weighted by atomic mass is 10.1. The van der Waals surface area contributed by atoms with Gasteiger partial charge in [0.15, 0.2) is 0 Å². The first-order valence-corrected chi connectivity index (χ1v) is 8.60. The summed E-state index contributed by atoms with van der Waals surface area (Å²) in [6, 6.07) is 6.92. The maximum Gasteiger partial charge on any atom is 0.303 e. The first kappa shape index (κ1) is 17.2. The molecule has 0 saturated heterocycles. The van der Waals surface area contributed by atoms with Crippen LogP contribution in [0.15, 0.2) is 24.3 Å². The number of amides is 1. The molecule has 0 aliphatic carbocycles. The Morgan fingerprint density at radius 1 is 1.14 bits per heavy atom. The van der Waals surface area contributed by atoms with Crippen LogP contribution in [0, 0.1) is 0 Å². The molecule has 1 aromatic carbocycles. The van der Waals surface area contributed by atoms with Gasteiger partial charge in [-0.2, -0.15) is 0 Å². The van der Waals surface area contributed by atoms with Crippen LogP contribution in [0.5, 0.6) is 0 Å². The predicted octanol–water partition coefficient (Wildman–Crippen LogP) is 1.47. The minimum absolute atomic E-state index is 0.00541. The number of aryl methyl sites for hydroxylation is 1. The molecule has 2 N–H and O–H groups in total. The molecule has 0 aromatic heterocycles. The Morgan fingerprint density at radius 2 is 1.76 bits per heavy atom. The van der Waals surface area contributed by atoms with Gasteiger partial charge >= 0.3 is 5.97 Å². The summed E-state index contributed by atoms with van der Waals surface area (Å²) in [7, 11) is -3.04. The van der Waals surface area contributed by atoms with Crippen molar-refractivity contribution in [3.05, 3.63) is 29.8 Å². The normalized spacial score (nSPS) is 11.1. The molecule has 116 valence electrons. The number of carbonyl (C=O) groups is 2. The van der Waals surface area contributed by atoms with Crippen molar-refractivity contribution in [3.63, 3.8) is 0 Å². The Kier molecular flexibility index (Phi) is 6.36. The van der Waals surface area contributed by atoms with E-state index in [0.29, 0.717) is 18.5 Å². The number of aliphatic carboxylic acids is 1. The molecule has 1 amide bonds. The lowest BCUT2D eigenvalue weighted by Gasteiger charge is -2.06. The Bertz CT molecular complexity index is 592. The van der Waals surface area contributed by atoms with Gasteiger partial charge in [-0.1, -0.05) is 12.1 Å². The number of carboxylic acid groups (broad SMARTS) is 1. The summed E-state index contributed by atoms with van der Waals surface area (Å²) < 4.78 is 21.9. The molecular weight excluding hydrogens is 294 g/mol. The number of hydrogen-bond donors (Lipinski definition) is 2. The summed E-state index contributed by atoms with van der Waals surface area (Å²) in [5.74, 6) is -1.09. The summed E-state index contributed by atoms with van der Waals surface area (Å²) in [5.41, 5.74) is 1.49. The first-order chi connectivity index (χ1) is 9.76. The second-order valence-corrected chi connectivity index (χ2v) is 7.13. The van der Waals surface area contributed by atoms with Crippen molar-refractivity contribution < 1.29 is 23.1 Å².